The Balaban J connectivity index is 2.06. The van der Waals surface area contributed by atoms with Gasteiger partial charge in [-0.05, 0) is 19.8 Å². The molecule has 1 N–H and O–H groups in total. The standard InChI is InChI=1S/C11H21NO2/c1-3-11(10-4-5-13-7-10)8-12-6-9(2)14-11/h9-10,12H,3-8H2,1-2H3. The van der Waals surface area contributed by atoms with Crippen molar-refractivity contribution >= 4 is 0 Å². The van der Waals surface area contributed by atoms with Crippen LogP contribution in [0.5, 0.6) is 0 Å². The van der Waals surface area contributed by atoms with Crippen LogP contribution in [-0.4, -0.2) is 38.0 Å². The van der Waals surface area contributed by atoms with Gasteiger partial charge in [-0.1, -0.05) is 6.92 Å². The first-order chi connectivity index (χ1) is 6.77. The molecule has 0 aromatic carbocycles. The summed E-state index contributed by atoms with van der Waals surface area (Å²) in [6, 6.07) is 0. The molecule has 2 aliphatic rings. The molecule has 0 aromatic rings. The first kappa shape index (κ1) is 10.4. The molecule has 3 heteroatoms. The largest absolute Gasteiger partial charge is 0.381 e. The van der Waals surface area contributed by atoms with Crippen molar-refractivity contribution in [3.63, 3.8) is 0 Å². The Morgan fingerprint density at radius 3 is 2.93 bits per heavy atom. The van der Waals surface area contributed by atoms with Crippen LogP contribution in [0, 0.1) is 5.92 Å². The van der Waals surface area contributed by atoms with Gasteiger partial charge in [-0.25, -0.2) is 0 Å². The summed E-state index contributed by atoms with van der Waals surface area (Å²) in [6.45, 7) is 8.12. The summed E-state index contributed by atoms with van der Waals surface area (Å²) in [4.78, 5) is 0. The molecule has 0 spiro atoms. The average molecular weight is 199 g/mol. The average Bonchev–Trinajstić information content (AvgIpc) is 2.71. The van der Waals surface area contributed by atoms with Crippen LogP contribution in [0.2, 0.25) is 0 Å². The van der Waals surface area contributed by atoms with Gasteiger partial charge in [0.1, 0.15) is 0 Å². The molecule has 2 rings (SSSR count). The zero-order chi connectivity index (χ0) is 10.0. The molecule has 14 heavy (non-hydrogen) atoms. The maximum Gasteiger partial charge on any atom is 0.0858 e. The fourth-order valence-electron chi connectivity index (χ4n) is 2.66. The fourth-order valence-corrected chi connectivity index (χ4v) is 2.66. The van der Waals surface area contributed by atoms with E-state index in [4.69, 9.17) is 9.47 Å². The molecule has 2 aliphatic heterocycles. The molecule has 3 nitrogen and oxygen atoms in total. The van der Waals surface area contributed by atoms with E-state index in [9.17, 15) is 0 Å². The minimum atomic E-state index is 0.0359. The van der Waals surface area contributed by atoms with Crippen molar-refractivity contribution in [1.29, 1.82) is 0 Å². The molecular weight excluding hydrogens is 178 g/mol. The van der Waals surface area contributed by atoms with E-state index in [-0.39, 0.29) is 5.60 Å². The Kier molecular flexibility index (Phi) is 3.10. The lowest BCUT2D eigenvalue weighted by atomic mass is 9.83. The highest BCUT2D eigenvalue weighted by atomic mass is 16.5. The summed E-state index contributed by atoms with van der Waals surface area (Å²) in [5.41, 5.74) is 0.0359. The number of ether oxygens (including phenoxy) is 2. The van der Waals surface area contributed by atoms with E-state index in [1.165, 1.54) is 0 Å². The van der Waals surface area contributed by atoms with Gasteiger partial charge in [-0.15, -0.1) is 0 Å². The van der Waals surface area contributed by atoms with Crippen LogP contribution < -0.4 is 5.32 Å². The lowest BCUT2D eigenvalue weighted by Crippen LogP contribution is -2.57. The molecule has 3 unspecified atom stereocenters. The smallest absolute Gasteiger partial charge is 0.0858 e. The second-order valence-corrected chi connectivity index (χ2v) is 4.54. The third-order valence-electron chi connectivity index (χ3n) is 3.56. The fraction of sp³-hybridized carbons (Fsp3) is 1.00. The van der Waals surface area contributed by atoms with Gasteiger partial charge < -0.3 is 14.8 Å². The van der Waals surface area contributed by atoms with Crippen LogP contribution in [0.4, 0.5) is 0 Å². The molecule has 0 amide bonds. The maximum absolute atomic E-state index is 6.16. The Hall–Kier alpha value is -0.120. The van der Waals surface area contributed by atoms with Gasteiger partial charge in [0.25, 0.3) is 0 Å². The number of nitrogens with one attached hydrogen (secondary N) is 1. The monoisotopic (exact) mass is 199 g/mol. The zero-order valence-electron chi connectivity index (χ0n) is 9.21. The van der Waals surface area contributed by atoms with Crippen LogP contribution in [0.25, 0.3) is 0 Å². The molecule has 3 atom stereocenters. The predicted octanol–water partition coefficient (Wildman–Crippen LogP) is 1.18. The molecule has 0 aromatic heterocycles. The zero-order valence-corrected chi connectivity index (χ0v) is 9.21. The minimum absolute atomic E-state index is 0.0359. The quantitative estimate of drug-likeness (QED) is 0.724. The molecule has 82 valence electrons. The molecule has 0 saturated carbocycles. The van der Waals surface area contributed by atoms with Crippen molar-refractivity contribution in [2.24, 2.45) is 5.92 Å². The van der Waals surface area contributed by atoms with Gasteiger partial charge in [0.15, 0.2) is 0 Å². The van der Waals surface area contributed by atoms with Crippen LogP contribution >= 0.6 is 0 Å². The Morgan fingerprint density at radius 1 is 1.50 bits per heavy atom. The van der Waals surface area contributed by atoms with Crippen LogP contribution in [0.3, 0.4) is 0 Å². The predicted molar refractivity (Wildman–Crippen MR) is 55.4 cm³/mol. The molecule has 0 radical (unpaired) electrons. The molecule has 2 fully saturated rings. The van der Waals surface area contributed by atoms with Crippen molar-refractivity contribution in [1.82, 2.24) is 5.32 Å². The first-order valence-electron chi connectivity index (χ1n) is 5.73. The molecule has 2 saturated heterocycles. The van der Waals surface area contributed by atoms with Crippen LogP contribution in [0.1, 0.15) is 26.7 Å². The number of hydrogen-bond donors (Lipinski definition) is 1. The molecule has 0 aliphatic carbocycles. The maximum atomic E-state index is 6.16. The third kappa shape index (κ3) is 1.81. The van der Waals surface area contributed by atoms with Gasteiger partial charge in [0, 0.05) is 25.6 Å². The molecule has 2 heterocycles. The summed E-state index contributed by atoms with van der Waals surface area (Å²) >= 11 is 0. The number of hydrogen-bond acceptors (Lipinski definition) is 3. The number of morpholine rings is 1. The van der Waals surface area contributed by atoms with Crippen molar-refractivity contribution in [2.75, 3.05) is 26.3 Å². The van der Waals surface area contributed by atoms with E-state index in [0.717, 1.165) is 39.1 Å². The summed E-state index contributed by atoms with van der Waals surface area (Å²) in [5, 5.41) is 3.47. The highest BCUT2D eigenvalue weighted by molar-refractivity contribution is 4.94. The van der Waals surface area contributed by atoms with Gasteiger partial charge in [-0.2, -0.15) is 0 Å². The van der Waals surface area contributed by atoms with Gasteiger partial charge in [0.05, 0.1) is 18.3 Å². The Bertz CT molecular complexity index is 192. The van der Waals surface area contributed by atoms with Gasteiger partial charge in [-0.3, -0.25) is 0 Å². The number of rotatable bonds is 2. The lowest BCUT2D eigenvalue weighted by Gasteiger charge is -2.44. The van der Waals surface area contributed by atoms with E-state index in [0.29, 0.717) is 12.0 Å². The SMILES string of the molecule is CCC1(C2CCOC2)CNCC(C)O1. The van der Waals surface area contributed by atoms with E-state index in [2.05, 4.69) is 19.2 Å². The van der Waals surface area contributed by atoms with Crippen molar-refractivity contribution in [2.45, 2.75) is 38.4 Å². The summed E-state index contributed by atoms with van der Waals surface area (Å²) in [7, 11) is 0. The third-order valence-corrected chi connectivity index (χ3v) is 3.56. The Morgan fingerprint density at radius 2 is 2.36 bits per heavy atom. The van der Waals surface area contributed by atoms with E-state index < -0.39 is 0 Å². The van der Waals surface area contributed by atoms with Crippen LogP contribution in [0.15, 0.2) is 0 Å². The normalized spacial score (nSPS) is 44.1. The second kappa shape index (κ2) is 4.17. The van der Waals surface area contributed by atoms with E-state index >= 15 is 0 Å². The van der Waals surface area contributed by atoms with Crippen molar-refractivity contribution < 1.29 is 9.47 Å². The lowest BCUT2D eigenvalue weighted by molar-refractivity contribution is -0.143. The topological polar surface area (TPSA) is 30.5 Å². The van der Waals surface area contributed by atoms with Crippen molar-refractivity contribution in [3.05, 3.63) is 0 Å². The highest BCUT2D eigenvalue weighted by Crippen LogP contribution is 2.34. The van der Waals surface area contributed by atoms with Crippen LogP contribution in [-0.2, 0) is 9.47 Å². The summed E-state index contributed by atoms with van der Waals surface area (Å²) in [5.74, 6) is 0.586. The van der Waals surface area contributed by atoms with Crippen molar-refractivity contribution in [3.8, 4) is 0 Å². The summed E-state index contributed by atoms with van der Waals surface area (Å²) in [6.07, 6.45) is 2.57. The van der Waals surface area contributed by atoms with E-state index in [1.54, 1.807) is 0 Å². The molecule has 0 bridgehead atoms. The highest BCUT2D eigenvalue weighted by Gasteiger charge is 2.43. The summed E-state index contributed by atoms with van der Waals surface area (Å²) < 4.78 is 11.6. The van der Waals surface area contributed by atoms with E-state index in [1.807, 2.05) is 0 Å². The first-order valence-corrected chi connectivity index (χ1v) is 5.73. The Labute approximate surface area is 86.2 Å². The second-order valence-electron chi connectivity index (χ2n) is 4.54. The van der Waals surface area contributed by atoms with Gasteiger partial charge >= 0.3 is 0 Å². The molecular formula is C11H21NO2. The van der Waals surface area contributed by atoms with Gasteiger partial charge in [0.2, 0.25) is 0 Å². The minimum Gasteiger partial charge on any atom is -0.381 e.